The van der Waals surface area contributed by atoms with Crippen LogP contribution in [-0.2, 0) is 17.8 Å². The number of nitrogen functional groups attached to an aromatic ring is 1. The zero-order valence-corrected chi connectivity index (χ0v) is 10.0. The van der Waals surface area contributed by atoms with Crippen LogP contribution in [0.15, 0.2) is 35.2 Å². The van der Waals surface area contributed by atoms with Gasteiger partial charge in [-0.05, 0) is 17.7 Å². The molecule has 1 heterocycles. The van der Waals surface area contributed by atoms with Gasteiger partial charge in [-0.15, -0.1) is 11.3 Å². The molecule has 5 heteroatoms. The summed E-state index contributed by atoms with van der Waals surface area (Å²) in [6, 6.07) is 7.31. The van der Waals surface area contributed by atoms with Gasteiger partial charge in [-0.25, -0.2) is 4.98 Å². The molecule has 17 heavy (non-hydrogen) atoms. The lowest BCUT2D eigenvalue weighted by molar-refractivity contribution is -0.120. The Morgan fingerprint density at radius 3 is 2.76 bits per heavy atom. The van der Waals surface area contributed by atoms with E-state index in [2.05, 4.69) is 10.3 Å². The molecule has 0 aliphatic rings. The molecule has 88 valence electrons. The van der Waals surface area contributed by atoms with Crippen molar-refractivity contribution < 1.29 is 4.79 Å². The summed E-state index contributed by atoms with van der Waals surface area (Å²) in [5, 5.41) is 4.74. The molecule has 0 saturated heterocycles. The van der Waals surface area contributed by atoms with Gasteiger partial charge in [0, 0.05) is 11.1 Å². The van der Waals surface area contributed by atoms with Gasteiger partial charge in [-0.1, -0.05) is 12.1 Å². The first-order valence-electron chi connectivity index (χ1n) is 5.22. The molecule has 1 aromatic carbocycles. The van der Waals surface area contributed by atoms with E-state index in [-0.39, 0.29) is 5.91 Å². The van der Waals surface area contributed by atoms with Crippen molar-refractivity contribution in [3.05, 3.63) is 46.4 Å². The van der Waals surface area contributed by atoms with Crippen LogP contribution in [0.4, 0.5) is 5.69 Å². The monoisotopic (exact) mass is 247 g/mol. The number of aromatic nitrogens is 1. The summed E-state index contributed by atoms with van der Waals surface area (Å²) < 4.78 is 0. The van der Waals surface area contributed by atoms with Gasteiger partial charge in [0.15, 0.2) is 0 Å². The Bertz CT molecular complexity index is 479. The van der Waals surface area contributed by atoms with Gasteiger partial charge >= 0.3 is 0 Å². The van der Waals surface area contributed by atoms with E-state index in [1.807, 2.05) is 17.5 Å². The van der Waals surface area contributed by atoms with Crippen molar-refractivity contribution in [3.8, 4) is 0 Å². The average molecular weight is 247 g/mol. The van der Waals surface area contributed by atoms with Gasteiger partial charge in [0.1, 0.15) is 0 Å². The summed E-state index contributed by atoms with van der Waals surface area (Å²) in [6.07, 6.45) is 0.365. The Morgan fingerprint density at radius 2 is 2.12 bits per heavy atom. The van der Waals surface area contributed by atoms with E-state index in [1.54, 1.807) is 17.6 Å². The predicted octanol–water partition coefficient (Wildman–Crippen LogP) is 1.58. The molecule has 4 nitrogen and oxygen atoms in total. The minimum atomic E-state index is -0.0113. The molecule has 0 radical (unpaired) electrons. The Labute approximate surface area is 103 Å². The number of nitrogens with one attached hydrogen (secondary N) is 1. The van der Waals surface area contributed by atoms with Crippen LogP contribution in [0.5, 0.6) is 0 Å². The molecule has 1 aromatic heterocycles. The molecule has 0 atom stereocenters. The van der Waals surface area contributed by atoms with Gasteiger partial charge in [-0.3, -0.25) is 4.79 Å². The van der Waals surface area contributed by atoms with Crippen molar-refractivity contribution in [1.29, 1.82) is 0 Å². The van der Waals surface area contributed by atoms with E-state index in [9.17, 15) is 4.79 Å². The molecule has 0 spiro atoms. The lowest BCUT2D eigenvalue weighted by atomic mass is 10.1. The molecule has 1 amide bonds. The molecule has 0 aliphatic carbocycles. The van der Waals surface area contributed by atoms with Crippen LogP contribution < -0.4 is 11.1 Å². The molecule has 3 N–H and O–H groups in total. The average Bonchev–Trinajstić information content (AvgIpc) is 2.83. The van der Waals surface area contributed by atoms with Crippen LogP contribution in [0.3, 0.4) is 0 Å². The molecular formula is C12H13N3OS. The minimum absolute atomic E-state index is 0.0113. The number of rotatable bonds is 4. The fraction of sp³-hybridized carbons (Fsp3) is 0.167. The highest BCUT2D eigenvalue weighted by atomic mass is 32.1. The molecule has 0 aliphatic heterocycles. The van der Waals surface area contributed by atoms with Crippen molar-refractivity contribution in [2.45, 2.75) is 13.0 Å². The highest BCUT2D eigenvalue weighted by molar-refractivity contribution is 7.07. The smallest absolute Gasteiger partial charge is 0.224 e. The first-order valence-corrected chi connectivity index (χ1v) is 6.16. The van der Waals surface area contributed by atoms with Crippen molar-refractivity contribution in [1.82, 2.24) is 10.3 Å². The maximum atomic E-state index is 11.6. The van der Waals surface area contributed by atoms with Crippen LogP contribution in [0, 0.1) is 0 Å². The summed E-state index contributed by atoms with van der Waals surface area (Å²) in [7, 11) is 0. The van der Waals surface area contributed by atoms with Crippen molar-refractivity contribution in [2.75, 3.05) is 5.73 Å². The zero-order chi connectivity index (χ0) is 12.1. The number of nitrogens with zero attached hydrogens (tertiary/aromatic N) is 1. The summed E-state index contributed by atoms with van der Waals surface area (Å²) >= 11 is 1.52. The van der Waals surface area contributed by atoms with E-state index in [1.165, 1.54) is 11.3 Å². The Hall–Kier alpha value is -1.88. The zero-order valence-electron chi connectivity index (χ0n) is 9.22. The Balaban J connectivity index is 1.83. The Kier molecular flexibility index (Phi) is 3.72. The van der Waals surface area contributed by atoms with Crippen LogP contribution in [0.2, 0.25) is 0 Å². The van der Waals surface area contributed by atoms with E-state index < -0.39 is 0 Å². The van der Waals surface area contributed by atoms with E-state index in [0.717, 1.165) is 11.3 Å². The number of hydrogen-bond acceptors (Lipinski definition) is 4. The maximum Gasteiger partial charge on any atom is 0.224 e. The lowest BCUT2D eigenvalue weighted by Crippen LogP contribution is -2.24. The maximum absolute atomic E-state index is 11.6. The van der Waals surface area contributed by atoms with Crippen molar-refractivity contribution >= 4 is 22.9 Å². The van der Waals surface area contributed by atoms with Gasteiger partial charge in [0.05, 0.1) is 24.2 Å². The third-order valence-electron chi connectivity index (χ3n) is 2.29. The van der Waals surface area contributed by atoms with E-state index in [4.69, 9.17) is 5.73 Å². The second-order valence-corrected chi connectivity index (χ2v) is 4.39. The Morgan fingerprint density at radius 1 is 1.35 bits per heavy atom. The number of benzene rings is 1. The molecular weight excluding hydrogens is 234 g/mol. The molecule has 0 bridgehead atoms. The quantitative estimate of drug-likeness (QED) is 0.806. The third-order valence-corrected chi connectivity index (χ3v) is 2.93. The summed E-state index contributed by atoms with van der Waals surface area (Å²) in [5.41, 5.74) is 9.87. The largest absolute Gasteiger partial charge is 0.399 e. The molecule has 2 aromatic rings. The van der Waals surface area contributed by atoms with Gasteiger partial charge in [0.25, 0.3) is 0 Å². The topological polar surface area (TPSA) is 68.0 Å². The first kappa shape index (κ1) is 11.6. The summed E-state index contributed by atoms with van der Waals surface area (Å²) in [5.74, 6) is -0.0113. The number of anilines is 1. The van der Waals surface area contributed by atoms with Crippen molar-refractivity contribution in [2.24, 2.45) is 0 Å². The van der Waals surface area contributed by atoms with E-state index >= 15 is 0 Å². The fourth-order valence-corrected chi connectivity index (χ4v) is 1.96. The highest BCUT2D eigenvalue weighted by Gasteiger charge is 2.03. The standard InChI is InChI=1S/C12H13N3OS/c13-10-3-1-9(2-4-10)5-12(16)14-6-11-7-17-8-15-11/h1-4,7-8H,5-6,13H2,(H,14,16). The minimum Gasteiger partial charge on any atom is -0.399 e. The van der Waals surface area contributed by atoms with Crippen LogP contribution >= 0.6 is 11.3 Å². The van der Waals surface area contributed by atoms with Crippen LogP contribution in [-0.4, -0.2) is 10.9 Å². The first-order chi connectivity index (χ1) is 8.24. The molecule has 0 fully saturated rings. The van der Waals surface area contributed by atoms with Gasteiger partial charge < -0.3 is 11.1 Å². The van der Waals surface area contributed by atoms with E-state index in [0.29, 0.717) is 18.7 Å². The SMILES string of the molecule is Nc1ccc(CC(=O)NCc2cscn2)cc1. The van der Waals surface area contributed by atoms with Gasteiger partial charge in [-0.2, -0.15) is 0 Å². The number of amides is 1. The number of carbonyl (C=O) groups excluding carboxylic acids is 1. The second-order valence-electron chi connectivity index (χ2n) is 3.67. The normalized spacial score (nSPS) is 10.1. The van der Waals surface area contributed by atoms with Gasteiger partial charge in [0.2, 0.25) is 5.91 Å². The molecule has 2 rings (SSSR count). The number of carbonyl (C=O) groups is 1. The highest BCUT2D eigenvalue weighted by Crippen LogP contribution is 2.06. The summed E-state index contributed by atoms with van der Waals surface area (Å²) in [6.45, 7) is 0.483. The summed E-state index contributed by atoms with van der Waals surface area (Å²) in [4.78, 5) is 15.7. The molecule has 0 saturated carbocycles. The fourth-order valence-electron chi connectivity index (χ4n) is 1.40. The second kappa shape index (κ2) is 5.45. The third kappa shape index (κ3) is 3.57. The number of nitrogens with two attached hydrogens (primary N) is 1. The lowest BCUT2D eigenvalue weighted by Gasteiger charge is -2.03. The predicted molar refractivity (Wildman–Crippen MR) is 68.5 cm³/mol. The van der Waals surface area contributed by atoms with Crippen LogP contribution in [0.25, 0.3) is 0 Å². The van der Waals surface area contributed by atoms with Crippen LogP contribution in [0.1, 0.15) is 11.3 Å². The number of hydrogen-bond donors (Lipinski definition) is 2. The van der Waals surface area contributed by atoms with Crippen molar-refractivity contribution in [3.63, 3.8) is 0 Å². The molecule has 0 unspecified atom stereocenters. The number of thiazole rings is 1.